The van der Waals surface area contributed by atoms with Crippen LogP contribution < -0.4 is 11.1 Å². The zero-order valence-electron chi connectivity index (χ0n) is 10.6. The fourth-order valence-electron chi connectivity index (χ4n) is 1.29. The summed E-state index contributed by atoms with van der Waals surface area (Å²) >= 11 is 1.61. The van der Waals surface area contributed by atoms with Crippen molar-refractivity contribution < 1.29 is 10.0 Å². The second-order valence-electron chi connectivity index (χ2n) is 4.29. The second kappa shape index (κ2) is 5.77. The Labute approximate surface area is 110 Å². The van der Waals surface area contributed by atoms with Gasteiger partial charge in [0.15, 0.2) is 5.84 Å². The van der Waals surface area contributed by atoms with Crippen molar-refractivity contribution in [2.45, 2.75) is 24.3 Å². The maximum Gasteiger partial charge on any atom is 0.252 e. The smallest absolute Gasteiger partial charge is 0.252 e. The maximum atomic E-state index is 12.0. The van der Waals surface area contributed by atoms with E-state index < -0.39 is 5.54 Å². The van der Waals surface area contributed by atoms with Crippen LogP contribution in [0.1, 0.15) is 24.2 Å². The maximum absolute atomic E-state index is 12.0. The fraction of sp³-hybridized carbons (Fsp3) is 0.333. The number of rotatable bonds is 4. The van der Waals surface area contributed by atoms with Crippen molar-refractivity contribution in [2.24, 2.45) is 10.9 Å². The molecule has 0 atom stereocenters. The summed E-state index contributed by atoms with van der Waals surface area (Å²) in [7, 11) is 0. The lowest BCUT2D eigenvalue weighted by Gasteiger charge is -2.24. The summed E-state index contributed by atoms with van der Waals surface area (Å²) in [5.41, 5.74) is 5.14. The van der Waals surface area contributed by atoms with E-state index in [4.69, 9.17) is 10.9 Å². The van der Waals surface area contributed by atoms with Gasteiger partial charge in [-0.1, -0.05) is 5.16 Å². The number of nitrogens with zero attached hydrogens (tertiary/aromatic N) is 1. The molecule has 0 aliphatic rings. The summed E-state index contributed by atoms with van der Waals surface area (Å²) in [5.74, 6) is -0.309. The first kappa shape index (κ1) is 14.4. The molecule has 18 heavy (non-hydrogen) atoms. The number of amides is 1. The minimum Gasteiger partial charge on any atom is -0.409 e. The molecule has 0 spiro atoms. The quantitative estimate of drug-likeness (QED) is 0.254. The number of carbonyl (C=O) groups excluding carboxylic acids is 1. The minimum atomic E-state index is -0.899. The van der Waals surface area contributed by atoms with Crippen LogP contribution in [0, 0.1) is 0 Å². The lowest BCUT2D eigenvalue weighted by atomic mass is 10.0. The monoisotopic (exact) mass is 267 g/mol. The largest absolute Gasteiger partial charge is 0.409 e. The van der Waals surface area contributed by atoms with Crippen LogP contribution in [0.5, 0.6) is 0 Å². The van der Waals surface area contributed by atoms with Crippen LogP contribution in [0.2, 0.25) is 0 Å². The third kappa shape index (κ3) is 3.40. The normalized spacial score (nSPS) is 12.3. The Balaban J connectivity index is 2.82. The van der Waals surface area contributed by atoms with Gasteiger partial charge < -0.3 is 16.3 Å². The third-order valence-electron chi connectivity index (χ3n) is 2.53. The first-order chi connectivity index (χ1) is 8.40. The molecule has 0 heterocycles. The highest BCUT2D eigenvalue weighted by molar-refractivity contribution is 7.98. The minimum absolute atomic E-state index is 0.0448. The first-order valence-electron chi connectivity index (χ1n) is 5.35. The molecule has 5 nitrogen and oxygen atoms in total. The van der Waals surface area contributed by atoms with Gasteiger partial charge in [0.2, 0.25) is 0 Å². The van der Waals surface area contributed by atoms with E-state index in [2.05, 4.69) is 10.5 Å². The molecule has 0 unspecified atom stereocenters. The average Bonchev–Trinajstić information content (AvgIpc) is 2.37. The van der Waals surface area contributed by atoms with E-state index >= 15 is 0 Å². The number of hydrogen-bond acceptors (Lipinski definition) is 4. The summed E-state index contributed by atoms with van der Waals surface area (Å²) in [5, 5.41) is 14.2. The molecule has 0 aromatic heterocycles. The number of oxime groups is 1. The predicted octanol–water partition coefficient (Wildman–Crippen LogP) is 1.66. The zero-order chi connectivity index (χ0) is 13.8. The number of benzene rings is 1. The molecule has 1 aromatic carbocycles. The topological polar surface area (TPSA) is 87.7 Å². The van der Waals surface area contributed by atoms with Crippen molar-refractivity contribution in [3.05, 3.63) is 29.8 Å². The summed E-state index contributed by atoms with van der Waals surface area (Å²) in [6.07, 6.45) is 1.97. The van der Waals surface area contributed by atoms with Gasteiger partial charge in [-0.3, -0.25) is 4.79 Å². The number of nitrogens with one attached hydrogen (secondary N) is 1. The van der Waals surface area contributed by atoms with E-state index in [1.165, 1.54) is 0 Å². The lowest BCUT2D eigenvalue weighted by Crippen LogP contribution is -2.53. The molecule has 6 heteroatoms. The Morgan fingerprint density at radius 1 is 1.39 bits per heavy atom. The third-order valence-corrected chi connectivity index (χ3v) is 3.27. The van der Waals surface area contributed by atoms with Gasteiger partial charge in [0.25, 0.3) is 5.91 Å². The summed E-state index contributed by atoms with van der Waals surface area (Å²) in [4.78, 5) is 13.1. The molecule has 0 bridgehead atoms. The first-order valence-corrected chi connectivity index (χ1v) is 6.57. The van der Waals surface area contributed by atoms with Gasteiger partial charge >= 0.3 is 0 Å². The Hall–Kier alpha value is -1.69. The van der Waals surface area contributed by atoms with Crippen LogP contribution in [-0.2, 0) is 0 Å². The number of carbonyl (C=O) groups is 1. The van der Waals surface area contributed by atoms with Gasteiger partial charge in [-0.2, -0.15) is 0 Å². The highest BCUT2D eigenvalue weighted by Crippen LogP contribution is 2.15. The van der Waals surface area contributed by atoms with Crippen LogP contribution in [0.3, 0.4) is 0 Å². The number of hydrogen-bond donors (Lipinski definition) is 3. The highest BCUT2D eigenvalue weighted by Gasteiger charge is 2.26. The average molecular weight is 267 g/mol. The van der Waals surface area contributed by atoms with Gasteiger partial charge in [-0.25, -0.2) is 0 Å². The van der Waals surface area contributed by atoms with E-state index in [9.17, 15) is 4.79 Å². The van der Waals surface area contributed by atoms with Gasteiger partial charge in [0, 0.05) is 10.5 Å². The second-order valence-corrected chi connectivity index (χ2v) is 5.17. The zero-order valence-corrected chi connectivity index (χ0v) is 11.4. The van der Waals surface area contributed by atoms with E-state index in [1.807, 2.05) is 18.4 Å². The van der Waals surface area contributed by atoms with E-state index in [1.54, 1.807) is 37.7 Å². The molecule has 0 aliphatic carbocycles. The van der Waals surface area contributed by atoms with E-state index in [0.717, 1.165) is 4.90 Å². The number of amidine groups is 1. The van der Waals surface area contributed by atoms with Crippen molar-refractivity contribution in [2.75, 3.05) is 6.26 Å². The number of nitrogens with two attached hydrogens (primary N) is 1. The van der Waals surface area contributed by atoms with Gasteiger partial charge in [0.1, 0.15) is 0 Å². The van der Waals surface area contributed by atoms with Gasteiger partial charge in [-0.05, 0) is 44.4 Å². The Morgan fingerprint density at radius 3 is 2.39 bits per heavy atom. The molecular weight excluding hydrogens is 250 g/mol. The van der Waals surface area contributed by atoms with Crippen molar-refractivity contribution in [1.82, 2.24) is 5.32 Å². The van der Waals surface area contributed by atoms with E-state index in [0.29, 0.717) is 5.56 Å². The summed E-state index contributed by atoms with van der Waals surface area (Å²) in [6.45, 7) is 3.33. The van der Waals surface area contributed by atoms with Crippen LogP contribution >= 0.6 is 11.8 Å². The molecule has 4 N–H and O–H groups in total. The molecule has 0 saturated heterocycles. The lowest BCUT2D eigenvalue weighted by molar-refractivity contribution is 0.0931. The molecule has 1 amide bonds. The van der Waals surface area contributed by atoms with E-state index in [-0.39, 0.29) is 11.7 Å². The van der Waals surface area contributed by atoms with Gasteiger partial charge in [-0.15, -0.1) is 11.8 Å². The SMILES string of the molecule is CSc1ccc(C(=O)NC(C)(C)C(N)=NO)cc1. The Morgan fingerprint density at radius 2 is 1.94 bits per heavy atom. The molecule has 0 saturated carbocycles. The van der Waals surface area contributed by atoms with Crippen molar-refractivity contribution >= 4 is 23.5 Å². The summed E-state index contributed by atoms with van der Waals surface area (Å²) < 4.78 is 0. The van der Waals surface area contributed by atoms with Crippen molar-refractivity contribution in [3.8, 4) is 0 Å². The molecule has 0 aliphatic heterocycles. The molecule has 1 rings (SSSR count). The molecule has 98 valence electrons. The molecule has 0 fully saturated rings. The molecule has 1 aromatic rings. The van der Waals surface area contributed by atoms with Crippen LogP contribution in [0.15, 0.2) is 34.3 Å². The number of thioether (sulfide) groups is 1. The Kier molecular flexibility index (Phi) is 4.61. The fourth-order valence-corrected chi connectivity index (χ4v) is 1.70. The van der Waals surface area contributed by atoms with Crippen LogP contribution in [0.25, 0.3) is 0 Å². The van der Waals surface area contributed by atoms with Crippen molar-refractivity contribution in [3.63, 3.8) is 0 Å². The standard InChI is InChI=1S/C12H17N3O2S/c1-12(2,11(13)15-17)14-10(16)8-4-6-9(18-3)7-5-8/h4-7,17H,1-3H3,(H2,13,15)(H,14,16). The Bertz CT molecular complexity index is 455. The molecule has 0 radical (unpaired) electrons. The predicted molar refractivity (Wildman–Crippen MR) is 73.2 cm³/mol. The van der Waals surface area contributed by atoms with Crippen molar-refractivity contribution in [1.29, 1.82) is 0 Å². The van der Waals surface area contributed by atoms with Crippen LogP contribution in [0.4, 0.5) is 0 Å². The van der Waals surface area contributed by atoms with Crippen LogP contribution in [-0.4, -0.2) is 28.7 Å². The highest BCUT2D eigenvalue weighted by atomic mass is 32.2. The molecular formula is C12H17N3O2S. The summed E-state index contributed by atoms with van der Waals surface area (Å²) in [6, 6.07) is 7.22. The van der Waals surface area contributed by atoms with Gasteiger partial charge in [0.05, 0.1) is 5.54 Å².